The number of aryl methyl sites for hydroxylation is 2. The van der Waals surface area contributed by atoms with Crippen LogP contribution in [0.3, 0.4) is 0 Å². The first kappa shape index (κ1) is 12.0. The highest BCUT2D eigenvalue weighted by atomic mass is 79.9. The molecule has 0 atom stereocenters. The molecule has 0 saturated carbocycles. The van der Waals surface area contributed by atoms with Gasteiger partial charge in [0.05, 0.1) is 0 Å². The zero-order chi connectivity index (χ0) is 12.4. The first-order valence-electron chi connectivity index (χ1n) is 5.33. The molecule has 88 valence electrons. The summed E-state index contributed by atoms with van der Waals surface area (Å²) in [4.78, 5) is 12.4. The van der Waals surface area contributed by atoms with Gasteiger partial charge in [-0.15, -0.1) is 5.10 Å². The Kier molecular flexibility index (Phi) is 3.38. The number of rotatable bonds is 3. The van der Waals surface area contributed by atoms with E-state index in [2.05, 4.69) is 26.2 Å². The van der Waals surface area contributed by atoms with E-state index in [1.54, 1.807) is 7.05 Å². The first-order chi connectivity index (χ1) is 8.15. The summed E-state index contributed by atoms with van der Waals surface area (Å²) in [6, 6.07) is 7.60. The number of aromatic nitrogens is 3. The van der Waals surface area contributed by atoms with Crippen LogP contribution in [0.4, 0.5) is 0 Å². The molecule has 1 aromatic carbocycles. The van der Waals surface area contributed by atoms with E-state index in [4.69, 9.17) is 0 Å². The lowest BCUT2D eigenvalue weighted by molar-refractivity contribution is 0.102. The molecular formula is C12H12BrN3O. The summed E-state index contributed by atoms with van der Waals surface area (Å²) >= 11 is 3.25. The summed E-state index contributed by atoms with van der Waals surface area (Å²) in [5, 5.41) is 7.64. The zero-order valence-corrected chi connectivity index (χ0v) is 11.2. The summed E-state index contributed by atoms with van der Waals surface area (Å²) < 4.78 is 1.97. The number of carbonyl (C=O) groups is 1. The quantitative estimate of drug-likeness (QED) is 0.817. The van der Waals surface area contributed by atoms with E-state index < -0.39 is 0 Å². The number of hydrogen-bond donors (Lipinski definition) is 0. The van der Waals surface area contributed by atoms with Crippen LogP contribution < -0.4 is 0 Å². The van der Waals surface area contributed by atoms with Gasteiger partial charge in [-0.05, 0) is 27.9 Å². The summed E-state index contributed by atoms with van der Waals surface area (Å²) in [6.07, 6.45) is 0.824. The average Bonchev–Trinajstić information content (AvgIpc) is 2.68. The van der Waals surface area contributed by atoms with Crippen LogP contribution in [0.2, 0.25) is 0 Å². The number of hydrogen-bond acceptors (Lipinski definition) is 3. The van der Waals surface area contributed by atoms with Crippen molar-refractivity contribution in [2.45, 2.75) is 13.3 Å². The Morgan fingerprint density at radius 1 is 1.41 bits per heavy atom. The lowest BCUT2D eigenvalue weighted by atomic mass is 10.0. The minimum Gasteiger partial charge on any atom is -0.287 e. The van der Waals surface area contributed by atoms with Crippen molar-refractivity contribution in [3.63, 3.8) is 0 Å². The number of ketones is 1. The Labute approximate surface area is 108 Å². The van der Waals surface area contributed by atoms with Crippen molar-refractivity contribution < 1.29 is 4.79 Å². The van der Waals surface area contributed by atoms with Crippen molar-refractivity contribution >= 4 is 21.7 Å². The highest BCUT2D eigenvalue weighted by Gasteiger charge is 2.20. The minimum absolute atomic E-state index is 0.0539. The Hall–Kier alpha value is -1.49. The van der Waals surface area contributed by atoms with Gasteiger partial charge in [-0.2, -0.15) is 0 Å². The molecule has 0 aliphatic rings. The third-order valence-corrected chi connectivity index (χ3v) is 3.18. The molecule has 0 unspecified atom stereocenters. The maximum Gasteiger partial charge on any atom is 0.214 e. The van der Waals surface area contributed by atoms with Gasteiger partial charge < -0.3 is 0 Å². The topological polar surface area (TPSA) is 47.8 Å². The van der Waals surface area contributed by atoms with E-state index in [1.807, 2.05) is 31.2 Å². The molecule has 0 aliphatic heterocycles. The number of nitrogens with zero attached hydrogens (tertiary/aromatic N) is 3. The van der Waals surface area contributed by atoms with Crippen molar-refractivity contribution in [1.29, 1.82) is 0 Å². The molecule has 0 fully saturated rings. The molecule has 2 aromatic rings. The van der Waals surface area contributed by atoms with Crippen LogP contribution in [0.5, 0.6) is 0 Å². The summed E-state index contributed by atoms with van der Waals surface area (Å²) in [5.74, 6) is -0.0539. The minimum atomic E-state index is -0.0539. The summed E-state index contributed by atoms with van der Waals surface area (Å²) in [7, 11) is 1.71. The Morgan fingerprint density at radius 2 is 2.12 bits per heavy atom. The van der Waals surface area contributed by atoms with Crippen LogP contribution in [-0.4, -0.2) is 20.8 Å². The maximum absolute atomic E-state index is 12.4. The SMILES string of the molecule is CCc1ccccc1C(=O)c1c(Br)nnn1C. The predicted octanol–water partition coefficient (Wildman–Crippen LogP) is 2.37. The normalized spacial score (nSPS) is 10.5. The van der Waals surface area contributed by atoms with E-state index in [-0.39, 0.29) is 5.78 Å². The average molecular weight is 294 g/mol. The highest BCUT2D eigenvalue weighted by Crippen LogP contribution is 2.19. The highest BCUT2D eigenvalue weighted by molar-refractivity contribution is 9.10. The number of benzene rings is 1. The van der Waals surface area contributed by atoms with Crippen LogP contribution >= 0.6 is 15.9 Å². The van der Waals surface area contributed by atoms with Gasteiger partial charge in [-0.25, -0.2) is 4.68 Å². The smallest absolute Gasteiger partial charge is 0.214 e. The van der Waals surface area contributed by atoms with Crippen LogP contribution in [0, 0.1) is 0 Å². The van der Waals surface area contributed by atoms with E-state index in [0.717, 1.165) is 12.0 Å². The van der Waals surface area contributed by atoms with Crippen LogP contribution in [0.15, 0.2) is 28.9 Å². The standard InChI is InChI=1S/C12H12BrN3O/c1-3-8-6-4-5-7-9(8)11(17)10-12(13)14-15-16(10)2/h4-7H,3H2,1-2H3. The molecule has 4 nitrogen and oxygen atoms in total. The fourth-order valence-electron chi connectivity index (χ4n) is 1.75. The van der Waals surface area contributed by atoms with Crippen molar-refractivity contribution in [1.82, 2.24) is 15.0 Å². The van der Waals surface area contributed by atoms with Gasteiger partial charge in [0.2, 0.25) is 5.78 Å². The molecule has 0 spiro atoms. The predicted molar refractivity (Wildman–Crippen MR) is 68.0 cm³/mol. The molecule has 1 heterocycles. The summed E-state index contributed by atoms with van der Waals surface area (Å²) in [6.45, 7) is 2.03. The van der Waals surface area contributed by atoms with Gasteiger partial charge >= 0.3 is 0 Å². The number of halogens is 1. The van der Waals surface area contributed by atoms with E-state index in [1.165, 1.54) is 4.68 Å². The first-order valence-corrected chi connectivity index (χ1v) is 6.12. The molecule has 0 bridgehead atoms. The molecule has 2 rings (SSSR count). The Balaban J connectivity index is 2.51. The Morgan fingerprint density at radius 3 is 2.71 bits per heavy atom. The molecule has 0 amide bonds. The third kappa shape index (κ3) is 2.15. The second kappa shape index (κ2) is 4.79. The maximum atomic E-state index is 12.4. The van der Waals surface area contributed by atoms with E-state index in [9.17, 15) is 4.79 Å². The summed E-state index contributed by atoms with van der Waals surface area (Å²) in [5.41, 5.74) is 2.22. The fourth-order valence-corrected chi connectivity index (χ4v) is 2.26. The zero-order valence-electron chi connectivity index (χ0n) is 9.64. The second-order valence-electron chi connectivity index (χ2n) is 3.69. The van der Waals surface area contributed by atoms with Gasteiger partial charge in [0.15, 0.2) is 4.60 Å². The van der Waals surface area contributed by atoms with Gasteiger partial charge in [-0.3, -0.25) is 4.79 Å². The van der Waals surface area contributed by atoms with Crippen LogP contribution in [0.25, 0.3) is 0 Å². The lowest BCUT2D eigenvalue weighted by Crippen LogP contribution is -2.11. The van der Waals surface area contributed by atoms with Crippen molar-refractivity contribution in [3.8, 4) is 0 Å². The van der Waals surface area contributed by atoms with Gasteiger partial charge in [0.1, 0.15) is 5.69 Å². The van der Waals surface area contributed by atoms with Crippen molar-refractivity contribution in [2.75, 3.05) is 0 Å². The molecule has 0 saturated heterocycles. The molecule has 17 heavy (non-hydrogen) atoms. The molecule has 5 heteroatoms. The fraction of sp³-hybridized carbons (Fsp3) is 0.250. The molecule has 0 aliphatic carbocycles. The Bertz CT molecular complexity index is 543. The third-order valence-electron chi connectivity index (χ3n) is 2.64. The van der Waals surface area contributed by atoms with Crippen molar-refractivity contribution in [2.24, 2.45) is 7.05 Å². The molecule has 0 N–H and O–H groups in total. The number of carbonyl (C=O) groups excluding carboxylic acids is 1. The second-order valence-corrected chi connectivity index (χ2v) is 4.44. The molecular weight excluding hydrogens is 282 g/mol. The molecule has 1 aromatic heterocycles. The largest absolute Gasteiger partial charge is 0.287 e. The molecule has 0 radical (unpaired) electrons. The van der Waals surface area contributed by atoms with Crippen LogP contribution in [-0.2, 0) is 13.5 Å². The van der Waals surface area contributed by atoms with Crippen LogP contribution in [0.1, 0.15) is 28.5 Å². The monoisotopic (exact) mass is 293 g/mol. The lowest BCUT2D eigenvalue weighted by Gasteiger charge is -2.06. The van der Waals surface area contributed by atoms with Gasteiger partial charge in [0, 0.05) is 12.6 Å². The van der Waals surface area contributed by atoms with Crippen molar-refractivity contribution in [3.05, 3.63) is 45.7 Å². The van der Waals surface area contributed by atoms with Gasteiger partial charge in [0.25, 0.3) is 0 Å². The van der Waals surface area contributed by atoms with E-state index in [0.29, 0.717) is 15.9 Å². The van der Waals surface area contributed by atoms with E-state index >= 15 is 0 Å². The van der Waals surface area contributed by atoms with Gasteiger partial charge in [-0.1, -0.05) is 36.4 Å².